The van der Waals surface area contributed by atoms with Crippen molar-refractivity contribution >= 4 is 10.8 Å². The lowest BCUT2D eigenvalue weighted by atomic mass is 10.0. The Balaban J connectivity index is 0.00000243. The fraction of sp³-hybridized carbons (Fsp3) is 0.250. The average molecular weight is 376 g/mol. The summed E-state index contributed by atoms with van der Waals surface area (Å²) in [5, 5.41) is 12.0. The number of methoxy groups -OCH3 is 3. The average Bonchev–Trinajstić information content (AvgIpc) is 2.63. The minimum absolute atomic E-state index is 0. The zero-order valence-electron chi connectivity index (χ0n) is 15.2. The SMILES string of the molecule is COc1cc2c(Cc3ccc(OC)c(OC)c3)[n+](C)ccc2cc1O.[Cl-]. The third-order valence-electron chi connectivity index (χ3n) is 4.38. The third-order valence-corrected chi connectivity index (χ3v) is 4.38. The van der Waals surface area contributed by atoms with Gasteiger partial charge in [-0.2, -0.15) is 0 Å². The van der Waals surface area contributed by atoms with Crippen LogP contribution < -0.4 is 31.2 Å². The monoisotopic (exact) mass is 375 g/mol. The standard InChI is InChI=1S/C20H21NO4.ClH/c1-21-8-7-14-11-17(22)19(24-3)12-15(14)16(21)9-13-5-6-18(23-2)20(10-13)25-4;/h5-8,10-12H,9H2,1-4H3;1H. The first-order chi connectivity index (χ1) is 12.1. The molecule has 0 fully saturated rings. The number of nitrogens with zero attached hydrogens (tertiary/aromatic N) is 1. The summed E-state index contributed by atoms with van der Waals surface area (Å²) in [6, 6.07) is 11.5. The third kappa shape index (κ3) is 3.63. The van der Waals surface area contributed by atoms with E-state index in [1.807, 2.05) is 43.6 Å². The summed E-state index contributed by atoms with van der Waals surface area (Å²) < 4.78 is 18.1. The van der Waals surface area contributed by atoms with E-state index in [-0.39, 0.29) is 18.2 Å². The van der Waals surface area contributed by atoms with Crippen LogP contribution >= 0.6 is 0 Å². The number of aryl methyl sites for hydroxylation is 1. The van der Waals surface area contributed by atoms with Crippen LogP contribution in [-0.4, -0.2) is 26.4 Å². The Kier molecular flexibility index (Phi) is 6.16. The molecule has 1 N–H and O–H groups in total. The van der Waals surface area contributed by atoms with Gasteiger partial charge in [-0.25, -0.2) is 4.57 Å². The molecule has 0 amide bonds. The Morgan fingerprint density at radius 3 is 2.23 bits per heavy atom. The number of benzene rings is 2. The normalized spacial score (nSPS) is 10.3. The van der Waals surface area contributed by atoms with E-state index in [0.717, 1.165) is 22.0 Å². The molecule has 1 aromatic heterocycles. The van der Waals surface area contributed by atoms with Gasteiger partial charge < -0.3 is 31.7 Å². The highest BCUT2D eigenvalue weighted by molar-refractivity contribution is 5.87. The number of halogens is 1. The Morgan fingerprint density at radius 2 is 1.58 bits per heavy atom. The molecule has 0 unspecified atom stereocenters. The number of aromatic nitrogens is 1. The number of fused-ring (bicyclic) bond motifs is 1. The number of pyridine rings is 1. The number of aromatic hydroxyl groups is 1. The van der Waals surface area contributed by atoms with E-state index < -0.39 is 0 Å². The summed E-state index contributed by atoms with van der Waals surface area (Å²) in [4.78, 5) is 0. The van der Waals surface area contributed by atoms with E-state index in [9.17, 15) is 5.11 Å². The Hall–Kier alpha value is -2.66. The second-order valence-electron chi connectivity index (χ2n) is 5.85. The summed E-state index contributed by atoms with van der Waals surface area (Å²) in [6.45, 7) is 0. The first kappa shape index (κ1) is 19.7. The maximum absolute atomic E-state index is 10.0. The van der Waals surface area contributed by atoms with Gasteiger partial charge >= 0.3 is 0 Å². The number of hydrogen-bond donors (Lipinski definition) is 1. The van der Waals surface area contributed by atoms with Crippen LogP contribution in [0.4, 0.5) is 0 Å². The van der Waals surface area contributed by atoms with Crippen molar-refractivity contribution in [1.29, 1.82) is 0 Å². The molecule has 5 nitrogen and oxygen atoms in total. The first-order valence-corrected chi connectivity index (χ1v) is 7.96. The molecule has 6 heteroatoms. The number of phenols is 1. The number of hydrogen-bond acceptors (Lipinski definition) is 4. The molecule has 138 valence electrons. The summed E-state index contributed by atoms with van der Waals surface area (Å²) in [5.41, 5.74) is 2.22. The van der Waals surface area contributed by atoms with E-state index in [2.05, 4.69) is 4.57 Å². The zero-order valence-corrected chi connectivity index (χ0v) is 16.0. The predicted octanol–water partition coefficient (Wildman–Crippen LogP) is -0.00950. The molecule has 26 heavy (non-hydrogen) atoms. The smallest absolute Gasteiger partial charge is 0.193 e. The van der Waals surface area contributed by atoms with E-state index in [1.165, 1.54) is 0 Å². The second kappa shape index (κ2) is 8.15. The topological polar surface area (TPSA) is 51.8 Å². The minimum Gasteiger partial charge on any atom is -1.00 e. The highest BCUT2D eigenvalue weighted by atomic mass is 35.5. The molecule has 0 bridgehead atoms. The van der Waals surface area contributed by atoms with Gasteiger partial charge in [-0.15, -0.1) is 0 Å². The Bertz CT molecular complexity index is 927. The maximum atomic E-state index is 10.0. The molecule has 0 radical (unpaired) electrons. The molecular weight excluding hydrogens is 354 g/mol. The van der Waals surface area contributed by atoms with E-state index in [1.54, 1.807) is 27.4 Å². The summed E-state index contributed by atoms with van der Waals surface area (Å²) >= 11 is 0. The van der Waals surface area contributed by atoms with E-state index in [0.29, 0.717) is 23.7 Å². The van der Waals surface area contributed by atoms with Gasteiger partial charge in [-0.1, -0.05) is 6.07 Å². The van der Waals surface area contributed by atoms with Crippen LogP contribution in [-0.2, 0) is 13.5 Å². The van der Waals surface area contributed by atoms with Crippen LogP contribution in [0.15, 0.2) is 42.6 Å². The van der Waals surface area contributed by atoms with Crippen LogP contribution in [0.1, 0.15) is 11.3 Å². The molecule has 0 saturated heterocycles. The van der Waals surface area contributed by atoms with Gasteiger partial charge in [0.2, 0.25) is 0 Å². The van der Waals surface area contributed by atoms with Crippen molar-refractivity contribution in [3.05, 3.63) is 53.9 Å². The van der Waals surface area contributed by atoms with Crippen LogP contribution in [0, 0.1) is 0 Å². The van der Waals surface area contributed by atoms with Crippen molar-refractivity contribution in [1.82, 2.24) is 0 Å². The van der Waals surface area contributed by atoms with Crippen molar-refractivity contribution in [2.45, 2.75) is 6.42 Å². The summed E-state index contributed by atoms with van der Waals surface area (Å²) in [7, 11) is 6.82. The summed E-state index contributed by atoms with van der Waals surface area (Å²) in [5.74, 6) is 2.02. The lowest BCUT2D eigenvalue weighted by Gasteiger charge is -2.11. The first-order valence-electron chi connectivity index (χ1n) is 7.96. The van der Waals surface area contributed by atoms with Gasteiger partial charge in [0.05, 0.1) is 33.1 Å². The Morgan fingerprint density at radius 1 is 0.885 bits per heavy atom. The predicted molar refractivity (Wildman–Crippen MR) is 95.7 cm³/mol. The maximum Gasteiger partial charge on any atom is 0.193 e. The number of phenolic OH excluding ortho intramolecular Hbond substituents is 1. The Labute approximate surface area is 159 Å². The molecule has 0 aliphatic rings. The van der Waals surface area contributed by atoms with Crippen LogP contribution in [0.5, 0.6) is 23.0 Å². The lowest BCUT2D eigenvalue weighted by molar-refractivity contribution is -0.677. The van der Waals surface area contributed by atoms with Gasteiger partial charge in [0.15, 0.2) is 34.9 Å². The highest BCUT2D eigenvalue weighted by Crippen LogP contribution is 2.33. The van der Waals surface area contributed by atoms with Crippen LogP contribution in [0.2, 0.25) is 0 Å². The van der Waals surface area contributed by atoms with Gasteiger partial charge in [-0.05, 0) is 35.2 Å². The van der Waals surface area contributed by atoms with Gasteiger partial charge in [0.1, 0.15) is 7.05 Å². The number of ether oxygens (including phenoxy) is 3. The van der Waals surface area contributed by atoms with Gasteiger partial charge in [0.25, 0.3) is 0 Å². The minimum atomic E-state index is 0. The molecule has 0 atom stereocenters. The van der Waals surface area contributed by atoms with Gasteiger partial charge in [-0.3, -0.25) is 0 Å². The molecule has 0 saturated carbocycles. The van der Waals surface area contributed by atoms with Crippen molar-refractivity contribution in [3.63, 3.8) is 0 Å². The fourth-order valence-electron chi connectivity index (χ4n) is 3.01. The van der Waals surface area contributed by atoms with Crippen molar-refractivity contribution in [2.75, 3.05) is 21.3 Å². The molecule has 2 aromatic carbocycles. The zero-order chi connectivity index (χ0) is 18.0. The quantitative estimate of drug-likeness (QED) is 0.637. The molecule has 0 aliphatic heterocycles. The molecular formula is C20H22ClNO4. The van der Waals surface area contributed by atoms with E-state index in [4.69, 9.17) is 14.2 Å². The lowest BCUT2D eigenvalue weighted by Crippen LogP contribution is -3.00. The van der Waals surface area contributed by atoms with Crippen molar-refractivity contribution < 1.29 is 36.3 Å². The molecule has 0 spiro atoms. The fourth-order valence-corrected chi connectivity index (χ4v) is 3.01. The summed E-state index contributed by atoms with van der Waals surface area (Å²) in [6.07, 6.45) is 2.70. The second-order valence-corrected chi connectivity index (χ2v) is 5.85. The molecule has 3 rings (SSSR count). The van der Waals surface area contributed by atoms with Crippen LogP contribution in [0.25, 0.3) is 10.8 Å². The van der Waals surface area contributed by atoms with Crippen molar-refractivity contribution in [3.8, 4) is 23.0 Å². The molecule has 1 heterocycles. The molecule has 0 aliphatic carbocycles. The molecule has 3 aromatic rings. The highest BCUT2D eigenvalue weighted by Gasteiger charge is 2.17. The van der Waals surface area contributed by atoms with Gasteiger partial charge in [0, 0.05) is 6.07 Å². The van der Waals surface area contributed by atoms with E-state index >= 15 is 0 Å². The van der Waals surface area contributed by atoms with Crippen LogP contribution in [0.3, 0.4) is 0 Å². The largest absolute Gasteiger partial charge is 1.00 e. The van der Waals surface area contributed by atoms with Crippen molar-refractivity contribution in [2.24, 2.45) is 7.05 Å². The number of rotatable bonds is 5.